The average Bonchev–Trinajstić information content (AvgIpc) is 2.70. The lowest BCUT2D eigenvalue weighted by atomic mass is 9.95. The Bertz CT molecular complexity index is 648. The lowest BCUT2D eigenvalue weighted by Gasteiger charge is -2.21. The summed E-state index contributed by atoms with van der Waals surface area (Å²) in [6.45, 7) is 7.01. The van der Waals surface area contributed by atoms with Crippen LogP contribution in [0.5, 0.6) is 0 Å². The maximum atomic E-state index is 12.0. The van der Waals surface area contributed by atoms with Gasteiger partial charge in [0.2, 0.25) is 0 Å². The second kappa shape index (κ2) is 4.26. The van der Waals surface area contributed by atoms with E-state index in [1.807, 2.05) is 6.07 Å². The number of benzene rings is 1. The largest absolute Gasteiger partial charge is 0.352 e. The number of hydrogen-bond acceptors (Lipinski definition) is 1. The molecule has 1 N–H and O–H groups in total. The number of hydrogen-bond donors (Lipinski definition) is 1. The Hall–Kier alpha value is -2.03. The molecule has 98 valence electrons. The van der Waals surface area contributed by atoms with Crippen LogP contribution in [-0.4, -0.2) is 17.0 Å². The van der Waals surface area contributed by atoms with Gasteiger partial charge in [-0.15, -0.1) is 0 Å². The van der Waals surface area contributed by atoms with Crippen LogP contribution in [0.1, 0.15) is 32.9 Å². The first-order chi connectivity index (χ1) is 9.08. The van der Waals surface area contributed by atoms with Gasteiger partial charge in [0.1, 0.15) is 0 Å². The van der Waals surface area contributed by atoms with E-state index in [0.717, 1.165) is 24.2 Å². The molecule has 0 fully saturated rings. The quantitative estimate of drug-likeness (QED) is 0.834. The molecule has 2 aromatic rings. The molecule has 1 amide bonds. The van der Waals surface area contributed by atoms with Crippen LogP contribution in [0.25, 0.3) is 5.69 Å². The molecule has 3 rings (SSSR count). The molecule has 1 aromatic carbocycles. The molecule has 2 heterocycles. The van der Waals surface area contributed by atoms with E-state index < -0.39 is 0 Å². The molecule has 3 nitrogen and oxygen atoms in total. The van der Waals surface area contributed by atoms with Gasteiger partial charge < -0.3 is 9.88 Å². The number of nitrogens with one attached hydrogen (secondary N) is 1. The first-order valence-corrected chi connectivity index (χ1v) is 6.65. The summed E-state index contributed by atoms with van der Waals surface area (Å²) >= 11 is 0. The van der Waals surface area contributed by atoms with Crippen molar-refractivity contribution in [3.63, 3.8) is 0 Å². The Balaban J connectivity index is 2.22. The Labute approximate surface area is 113 Å². The highest BCUT2D eigenvalue weighted by molar-refractivity contribution is 5.97. The summed E-state index contributed by atoms with van der Waals surface area (Å²) in [5, 5.41) is 2.92. The molecule has 0 radical (unpaired) electrons. The minimum atomic E-state index is 0.0497. The van der Waals surface area contributed by atoms with Gasteiger partial charge in [-0.1, -0.05) is 0 Å². The highest BCUT2D eigenvalue weighted by Gasteiger charge is 2.20. The Morgan fingerprint density at radius 2 is 1.79 bits per heavy atom. The van der Waals surface area contributed by atoms with Gasteiger partial charge in [-0.05, 0) is 62.6 Å². The van der Waals surface area contributed by atoms with Crippen molar-refractivity contribution in [3.05, 3.63) is 52.3 Å². The van der Waals surface area contributed by atoms with E-state index in [4.69, 9.17) is 0 Å². The van der Waals surface area contributed by atoms with E-state index in [1.54, 1.807) is 0 Å². The first kappa shape index (κ1) is 12.0. The number of rotatable bonds is 1. The fourth-order valence-electron chi connectivity index (χ4n) is 2.93. The highest BCUT2D eigenvalue weighted by atomic mass is 16.1. The third kappa shape index (κ3) is 1.86. The molecule has 0 aliphatic carbocycles. The van der Waals surface area contributed by atoms with Crippen molar-refractivity contribution in [2.45, 2.75) is 27.2 Å². The first-order valence-electron chi connectivity index (χ1n) is 6.65. The summed E-state index contributed by atoms with van der Waals surface area (Å²) in [6.07, 6.45) is 0.927. The zero-order chi connectivity index (χ0) is 13.6. The molecule has 0 saturated heterocycles. The number of aromatic nitrogens is 1. The Kier molecular flexibility index (Phi) is 2.70. The summed E-state index contributed by atoms with van der Waals surface area (Å²) in [4.78, 5) is 12.0. The Morgan fingerprint density at radius 3 is 2.47 bits per heavy atom. The Morgan fingerprint density at radius 1 is 1.11 bits per heavy atom. The third-order valence-electron chi connectivity index (χ3n) is 3.89. The van der Waals surface area contributed by atoms with Crippen molar-refractivity contribution in [2.75, 3.05) is 6.54 Å². The van der Waals surface area contributed by atoms with Crippen molar-refractivity contribution < 1.29 is 4.79 Å². The maximum absolute atomic E-state index is 12.0. The molecular weight excluding hydrogens is 236 g/mol. The van der Waals surface area contributed by atoms with Crippen LogP contribution >= 0.6 is 0 Å². The number of fused-ring (bicyclic) bond motifs is 1. The average molecular weight is 254 g/mol. The molecule has 1 aromatic heterocycles. The van der Waals surface area contributed by atoms with Gasteiger partial charge in [-0.25, -0.2) is 0 Å². The zero-order valence-electron chi connectivity index (χ0n) is 11.6. The van der Waals surface area contributed by atoms with E-state index >= 15 is 0 Å². The third-order valence-corrected chi connectivity index (χ3v) is 3.89. The summed E-state index contributed by atoms with van der Waals surface area (Å²) in [5.74, 6) is 0.0497. The molecule has 19 heavy (non-hydrogen) atoms. The fourth-order valence-corrected chi connectivity index (χ4v) is 2.93. The predicted octanol–water partition coefficient (Wildman–Crippen LogP) is 2.69. The van der Waals surface area contributed by atoms with Crippen molar-refractivity contribution in [3.8, 4) is 5.69 Å². The predicted molar refractivity (Wildman–Crippen MR) is 76.0 cm³/mol. The van der Waals surface area contributed by atoms with Crippen LogP contribution in [-0.2, 0) is 6.42 Å². The van der Waals surface area contributed by atoms with Crippen molar-refractivity contribution in [2.24, 2.45) is 0 Å². The monoisotopic (exact) mass is 254 g/mol. The smallest absolute Gasteiger partial charge is 0.251 e. The molecule has 0 spiro atoms. The van der Waals surface area contributed by atoms with E-state index in [9.17, 15) is 4.79 Å². The van der Waals surface area contributed by atoms with Crippen LogP contribution in [0, 0.1) is 20.8 Å². The lowest BCUT2D eigenvalue weighted by molar-refractivity contribution is 0.0946. The molecule has 1 aliphatic rings. The van der Waals surface area contributed by atoms with E-state index in [1.165, 1.54) is 22.5 Å². The minimum Gasteiger partial charge on any atom is -0.352 e. The van der Waals surface area contributed by atoms with Gasteiger partial charge in [0, 0.05) is 29.2 Å². The van der Waals surface area contributed by atoms with Crippen molar-refractivity contribution in [1.82, 2.24) is 9.88 Å². The molecule has 3 heteroatoms. The van der Waals surface area contributed by atoms with Crippen molar-refractivity contribution >= 4 is 5.91 Å². The van der Waals surface area contributed by atoms with E-state index in [0.29, 0.717) is 0 Å². The van der Waals surface area contributed by atoms with Crippen LogP contribution in [0.15, 0.2) is 24.3 Å². The number of carbonyl (C=O) groups is 1. The SMILES string of the molecule is Cc1cc(-n2c(C)ccc2C)cc2c1CCNC2=O. The molecule has 0 saturated carbocycles. The summed E-state index contributed by atoms with van der Waals surface area (Å²) in [6, 6.07) is 8.39. The van der Waals surface area contributed by atoms with Crippen LogP contribution in [0.4, 0.5) is 0 Å². The summed E-state index contributed by atoms with van der Waals surface area (Å²) in [7, 11) is 0. The van der Waals surface area contributed by atoms with Crippen LogP contribution in [0.3, 0.4) is 0 Å². The standard InChI is InChI=1S/C16H18N2O/c1-10-8-13(18-11(2)4-5-12(18)3)9-15-14(10)6-7-17-16(15)19/h4-5,8-9H,6-7H2,1-3H3,(H,17,19). The number of amides is 1. The van der Waals surface area contributed by atoms with Gasteiger partial charge in [-0.3, -0.25) is 4.79 Å². The summed E-state index contributed by atoms with van der Waals surface area (Å²) in [5.41, 5.74) is 6.67. The second-order valence-electron chi connectivity index (χ2n) is 5.25. The fraction of sp³-hybridized carbons (Fsp3) is 0.312. The summed E-state index contributed by atoms with van der Waals surface area (Å²) < 4.78 is 2.19. The number of nitrogens with zero attached hydrogens (tertiary/aromatic N) is 1. The molecule has 1 aliphatic heterocycles. The molecule has 0 atom stereocenters. The number of aryl methyl sites for hydroxylation is 3. The van der Waals surface area contributed by atoms with Crippen molar-refractivity contribution in [1.29, 1.82) is 0 Å². The molecular formula is C16H18N2O. The highest BCUT2D eigenvalue weighted by Crippen LogP contribution is 2.25. The van der Waals surface area contributed by atoms with Crippen LogP contribution < -0.4 is 5.32 Å². The minimum absolute atomic E-state index is 0.0497. The van der Waals surface area contributed by atoms with Gasteiger partial charge in [0.25, 0.3) is 5.91 Å². The van der Waals surface area contributed by atoms with Gasteiger partial charge in [0.15, 0.2) is 0 Å². The number of carbonyl (C=O) groups excluding carboxylic acids is 1. The van der Waals surface area contributed by atoms with E-state index in [2.05, 4.69) is 48.9 Å². The zero-order valence-corrected chi connectivity index (χ0v) is 11.6. The topological polar surface area (TPSA) is 34.0 Å². The maximum Gasteiger partial charge on any atom is 0.251 e. The van der Waals surface area contributed by atoms with Crippen LogP contribution in [0.2, 0.25) is 0 Å². The van der Waals surface area contributed by atoms with E-state index in [-0.39, 0.29) is 5.91 Å². The molecule has 0 bridgehead atoms. The van der Waals surface area contributed by atoms with Gasteiger partial charge >= 0.3 is 0 Å². The molecule has 0 unspecified atom stereocenters. The van der Waals surface area contributed by atoms with Gasteiger partial charge in [-0.2, -0.15) is 0 Å². The normalized spacial score (nSPS) is 14.2. The lowest BCUT2D eigenvalue weighted by Crippen LogP contribution is -2.32. The second-order valence-corrected chi connectivity index (χ2v) is 5.25. The van der Waals surface area contributed by atoms with Gasteiger partial charge in [0.05, 0.1) is 0 Å².